The van der Waals surface area contributed by atoms with Gasteiger partial charge in [-0.25, -0.2) is 4.98 Å². The molecule has 1 aromatic heterocycles. The summed E-state index contributed by atoms with van der Waals surface area (Å²) in [4.78, 5) is 24.4. The Balaban J connectivity index is 1.43. The highest BCUT2D eigenvalue weighted by Gasteiger charge is 2.38. The van der Waals surface area contributed by atoms with Crippen molar-refractivity contribution in [2.45, 2.75) is 57.9 Å². The average Bonchev–Trinajstić information content (AvgIpc) is 3.43. The topological polar surface area (TPSA) is 39.7 Å². The van der Waals surface area contributed by atoms with Gasteiger partial charge in [-0.15, -0.1) is 0 Å². The Morgan fingerprint density at radius 3 is 2.69 bits per heavy atom. The summed E-state index contributed by atoms with van der Waals surface area (Å²) in [6.07, 6.45) is 10.2. The van der Waals surface area contributed by atoms with Crippen LogP contribution in [0.5, 0.6) is 0 Å². The van der Waals surface area contributed by atoms with E-state index in [0.29, 0.717) is 17.9 Å². The summed E-state index contributed by atoms with van der Waals surface area (Å²) in [6.45, 7) is 7.31. The van der Waals surface area contributed by atoms with Crippen LogP contribution in [-0.4, -0.2) is 54.6 Å². The molecule has 4 rings (SSSR count). The molecule has 1 aliphatic carbocycles. The second-order valence-corrected chi connectivity index (χ2v) is 8.11. The van der Waals surface area contributed by atoms with Crippen molar-refractivity contribution in [3.8, 4) is 0 Å². The lowest BCUT2D eigenvalue weighted by Crippen LogP contribution is -2.43. The van der Waals surface area contributed by atoms with Gasteiger partial charge in [0, 0.05) is 56.6 Å². The number of piperidine rings is 1. The van der Waals surface area contributed by atoms with E-state index >= 15 is 0 Å². The molecule has 142 valence electrons. The largest absolute Gasteiger partial charge is 0.371 e. The minimum Gasteiger partial charge on any atom is -0.371 e. The summed E-state index contributed by atoms with van der Waals surface area (Å²) in [5.74, 6) is 1.79. The van der Waals surface area contributed by atoms with Crippen LogP contribution < -0.4 is 9.80 Å². The number of aromatic nitrogens is 1. The number of rotatable bonds is 6. The standard InChI is InChI=1S/C21H32N4O/c1-2-11-25(21(26)17-6-7-17)19-9-14-24(16-19)20-15-18(8-10-22-20)23-12-4-3-5-13-23/h8,10,15,17,19H,2-7,9,11-14,16H2,1H3. The molecule has 0 bridgehead atoms. The highest BCUT2D eigenvalue weighted by molar-refractivity contribution is 5.81. The van der Waals surface area contributed by atoms with Crippen LogP contribution >= 0.6 is 0 Å². The molecule has 1 saturated carbocycles. The number of hydrogen-bond donors (Lipinski definition) is 0. The van der Waals surface area contributed by atoms with E-state index in [1.54, 1.807) is 0 Å². The Kier molecular flexibility index (Phi) is 5.32. The Bertz CT molecular complexity index is 624. The number of hydrogen-bond acceptors (Lipinski definition) is 4. The zero-order chi connectivity index (χ0) is 17.9. The molecule has 3 aliphatic rings. The first-order chi connectivity index (χ1) is 12.8. The monoisotopic (exact) mass is 356 g/mol. The predicted molar refractivity (Wildman–Crippen MR) is 106 cm³/mol. The molecule has 1 unspecified atom stereocenters. The van der Waals surface area contributed by atoms with Gasteiger partial charge in [-0.3, -0.25) is 4.79 Å². The van der Waals surface area contributed by atoms with Gasteiger partial charge >= 0.3 is 0 Å². The SMILES string of the molecule is CCCN(C(=O)C1CC1)C1CCN(c2cc(N3CCCCC3)ccn2)C1. The van der Waals surface area contributed by atoms with E-state index in [2.05, 4.69) is 38.7 Å². The first kappa shape index (κ1) is 17.6. The molecule has 3 heterocycles. The van der Waals surface area contributed by atoms with Gasteiger partial charge < -0.3 is 14.7 Å². The molecule has 2 aliphatic heterocycles. The number of amides is 1. The van der Waals surface area contributed by atoms with E-state index in [1.165, 1.54) is 24.9 Å². The highest BCUT2D eigenvalue weighted by Crippen LogP contribution is 2.33. The van der Waals surface area contributed by atoms with Crippen molar-refractivity contribution in [3.05, 3.63) is 18.3 Å². The van der Waals surface area contributed by atoms with Crippen molar-refractivity contribution in [1.29, 1.82) is 0 Å². The van der Waals surface area contributed by atoms with Gasteiger partial charge in [-0.05, 0) is 51.0 Å². The van der Waals surface area contributed by atoms with Crippen LogP contribution in [0.2, 0.25) is 0 Å². The van der Waals surface area contributed by atoms with Gasteiger partial charge in [0.1, 0.15) is 5.82 Å². The number of carbonyl (C=O) groups excluding carboxylic acids is 1. The van der Waals surface area contributed by atoms with Gasteiger partial charge in [0.15, 0.2) is 0 Å². The summed E-state index contributed by atoms with van der Waals surface area (Å²) in [5, 5.41) is 0. The summed E-state index contributed by atoms with van der Waals surface area (Å²) < 4.78 is 0. The summed E-state index contributed by atoms with van der Waals surface area (Å²) in [5.41, 5.74) is 1.30. The van der Waals surface area contributed by atoms with Crippen molar-refractivity contribution < 1.29 is 4.79 Å². The fraction of sp³-hybridized carbons (Fsp3) is 0.714. The van der Waals surface area contributed by atoms with Crippen LogP contribution in [0, 0.1) is 5.92 Å². The van der Waals surface area contributed by atoms with E-state index < -0.39 is 0 Å². The van der Waals surface area contributed by atoms with Crippen LogP contribution in [0.4, 0.5) is 11.5 Å². The van der Waals surface area contributed by atoms with Gasteiger partial charge in [0.05, 0.1) is 6.04 Å². The van der Waals surface area contributed by atoms with E-state index in [4.69, 9.17) is 0 Å². The van der Waals surface area contributed by atoms with Crippen LogP contribution in [0.25, 0.3) is 0 Å². The van der Waals surface area contributed by atoms with Crippen molar-refractivity contribution in [2.75, 3.05) is 42.5 Å². The van der Waals surface area contributed by atoms with Crippen molar-refractivity contribution in [1.82, 2.24) is 9.88 Å². The van der Waals surface area contributed by atoms with Crippen LogP contribution in [0.15, 0.2) is 18.3 Å². The molecule has 1 amide bonds. The van der Waals surface area contributed by atoms with E-state index in [0.717, 1.165) is 64.2 Å². The average molecular weight is 357 g/mol. The first-order valence-electron chi connectivity index (χ1n) is 10.5. The molecule has 1 atom stereocenters. The predicted octanol–water partition coefficient (Wildman–Crippen LogP) is 3.30. The molecule has 0 aromatic carbocycles. The number of carbonyl (C=O) groups is 1. The van der Waals surface area contributed by atoms with Gasteiger partial charge in [0.25, 0.3) is 0 Å². The Morgan fingerprint density at radius 1 is 1.15 bits per heavy atom. The molecule has 5 heteroatoms. The van der Waals surface area contributed by atoms with Crippen molar-refractivity contribution in [2.24, 2.45) is 5.92 Å². The minimum absolute atomic E-state index is 0.316. The van der Waals surface area contributed by atoms with Gasteiger partial charge in [0.2, 0.25) is 5.91 Å². The van der Waals surface area contributed by atoms with E-state index in [9.17, 15) is 4.79 Å². The zero-order valence-corrected chi connectivity index (χ0v) is 16.1. The molecule has 1 aromatic rings. The normalized spacial score (nSPS) is 23.3. The quantitative estimate of drug-likeness (QED) is 0.784. The number of anilines is 2. The van der Waals surface area contributed by atoms with Crippen LogP contribution in [-0.2, 0) is 4.79 Å². The molecule has 26 heavy (non-hydrogen) atoms. The molecular weight excluding hydrogens is 324 g/mol. The fourth-order valence-corrected chi connectivity index (χ4v) is 4.41. The minimum atomic E-state index is 0.316. The Labute approximate surface area is 157 Å². The van der Waals surface area contributed by atoms with Crippen molar-refractivity contribution in [3.63, 3.8) is 0 Å². The molecular formula is C21H32N4O. The third-order valence-electron chi connectivity index (χ3n) is 6.05. The van der Waals surface area contributed by atoms with E-state index in [-0.39, 0.29) is 0 Å². The smallest absolute Gasteiger partial charge is 0.225 e. The molecule has 2 saturated heterocycles. The number of nitrogens with zero attached hydrogens (tertiary/aromatic N) is 4. The lowest BCUT2D eigenvalue weighted by molar-refractivity contribution is -0.134. The van der Waals surface area contributed by atoms with Gasteiger partial charge in [-0.1, -0.05) is 6.92 Å². The lowest BCUT2D eigenvalue weighted by Gasteiger charge is -2.30. The number of pyridine rings is 1. The third-order valence-corrected chi connectivity index (χ3v) is 6.05. The third kappa shape index (κ3) is 3.81. The molecule has 0 N–H and O–H groups in total. The van der Waals surface area contributed by atoms with Gasteiger partial charge in [-0.2, -0.15) is 0 Å². The maximum Gasteiger partial charge on any atom is 0.225 e. The second-order valence-electron chi connectivity index (χ2n) is 8.11. The maximum absolute atomic E-state index is 12.7. The fourth-order valence-electron chi connectivity index (χ4n) is 4.41. The summed E-state index contributed by atoms with van der Waals surface area (Å²) in [6, 6.07) is 4.74. The second kappa shape index (κ2) is 7.85. The van der Waals surface area contributed by atoms with Crippen LogP contribution in [0.3, 0.4) is 0 Å². The molecule has 5 nitrogen and oxygen atoms in total. The first-order valence-corrected chi connectivity index (χ1v) is 10.5. The highest BCUT2D eigenvalue weighted by atomic mass is 16.2. The maximum atomic E-state index is 12.7. The van der Waals surface area contributed by atoms with E-state index in [1.807, 2.05) is 6.20 Å². The summed E-state index contributed by atoms with van der Waals surface area (Å²) >= 11 is 0. The van der Waals surface area contributed by atoms with Crippen LogP contribution in [0.1, 0.15) is 51.9 Å². The molecule has 0 spiro atoms. The molecule has 3 fully saturated rings. The Morgan fingerprint density at radius 2 is 1.96 bits per heavy atom. The zero-order valence-electron chi connectivity index (χ0n) is 16.1. The summed E-state index contributed by atoms with van der Waals surface area (Å²) in [7, 11) is 0. The molecule has 0 radical (unpaired) electrons. The lowest BCUT2D eigenvalue weighted by atomic mass is 10.1. The van der Waals surface area contributed by atoms with Crippen molar-refractivity contribution >= 4 is 17.4 Å². The Hall–Kier alpha value is -1.78.